The van der Waals surface area contributed by atoms with Crippen LogP contribution in [-0.4, -0.2) is 17.4 Å². The summed E-state index contributed by atoms with van der Waals surface area (Å²) in [6, 6.07) is 17.4. The summed E-state index contributed by atoms with van der Waals surface area (Å²) in [5.41, 5.74) is 2.24. The van der Waals surface area contributed by atoms with E-state index in [0.29, 0.717) is 24.2 Å². The fourth-order valence-corrected chi connectivity index (χ4v) is 4.20. The van der Waals surface area contributed by atoms with E-state index in [1.807, 2.05) is 37.3 Å². The number of halogens is 4. The number of nitrogens with zero attached hydrogens (tertiary/aromatic N) is 1. The lowest BCUT2D eigenvalue weighted by molar-refractivity contribution is -0.137. The minimum absolute atomic E-state index is 0.134. The van der Waals surface area contributed by atoms with Crippen LogP contribution in [-0.2, 0) is 6.18 Å². The molecule has 3 aromatic carbocycles. The van der Waals surface area contributed by atoms with E-state index < -0.39 is 17.9 Å². The van der Waals surface area contributed by atoms with Gasteiger partial charge >= 0.3 is 6.18 Å². The molecule has 0 aliphatic carbocycles. The van der Waals surface area contributed by atoms with E-state index in [-0.39, 0.29) is 11.8 Å². The van der Waals surface area contributed by atoms with Gasteiger partial charge in [0, 0.05) is 28.2 Å². The molecule has 0 bridgehead atoms. The molecule has 8 heteroatoms. The van der Waals surface area contributed by atoms with Gasteiger partial charge in [0.1, 0.15) is 17.7 Å². The van der Waals surface area contributed by atoms with E-state index in [9.17, 15) is 18.3 Å². The van der Waals surface area contributed by atoms with Gasteiger partial charge in [-0.3, -0.25) is 10.3 Å². The van der Waals surface area contributed by atoms with Crippen molar-refractivity contribution in [3.05, 3.63) is 93.5 Å². The second-order valence-electron chi connectivity index (χ2n) is 7.68. The predicted molar refractivity (Wildman–Crippen MR) is 125 cm³/mol. The van der Waals surface area contributed by atoms with Crippen LogP contribution in [0.15, 0.2) is 76.2 Å². The highest BCUT2D eigenvalue weighted by molar-refractivity contribution is 9.10. The van der Waals surface area contributed by atoms with Crippen LogP contribution < -0.4 is 10.1 Å². The van der Waals surface area contributed by atoms with E-state index >= 15 is 0 Å². The number of rotatable bonds is 5. The Morgan fingerprint density at radius 1 is 1.06 bits per heavy atom. The van der Waals surface area contributed by atoms with Gasteiger partial charge < -0.3 is 9.84 Å². The molecule has 1 heterocycles. The second kappa shape index (κ2) is 9.57. The van der Waals surface area contributed by atoms with Gasteiger partial charge in [-0.2, -0.15) is 13.2 Å². The molecule has 0 unspecified atom stereocenters. The standard InChI is InChI=1S/C25H22BrF3N2O2/c1-2-33-19-10-5-15(6-11-19)21-14-22(20-13-18(26)9-12-23(20)32)31-24(30-21)16-3-7-17(8-4-16)25(27,28)29/h3-13,22,24,31-32H,2,14H2,1H3/t22-,24+/m1/s1. The third-order valence-corrected chi connectivity index (χ3v) is 5.95. The van der Waals surface area contributed by atoms with Gasteiger partial charge in [-0.25, -0.2) is 0 Å². The Kier molecular flexibility index (Phi) is 6.76. The maximum absolute atomic E-state index is 13.0. The Balaban J connectivity index is 1.72. The molecule has 4 nitrogen and oxygen atoms in total. The Morgan fingerprint density at radius 3 is 2.39 bits per heavy atom. The zero-order valence-corrected chi connectivity index (χ0v) is 19.3. The van der Waals surface area contributed by atoms with E-state index in [2.05, 4.69) is 21.2 Å². The number of alkyl halides is 3. The number of hydrogen-bond donors (Lipinski definition) is 2. The zero-order chi connectivity index (χ0) is 23.6. The van der Waals surface area contributed by atoms with Crippen molar-refractivity contribution < 1.29 is 23.0 Å². The van der Waals surface area contributed by atoms with Crippen molar-refractivity contribution in [2.24, 2.45) is 4.99 Å². The number of phenolic OH excluding ortho intramolecular Hbond substituents is 1. The number of phenols is 1. The predicted octanol–water partition coefficient (Wildman–Crippen LogP) is 6.79. The molecular formula is C25H22BrF3N2O2. The summed E-state index contributed by atoms with van der Waals surface area (Å²) in [5.74, 6) is 0.881. The highest BCUT2D eigenvalue weighted by Gasteiger charge is 2.31. The van der Waals surface area contributed by atoms with Gasteiger partial charge in [0.15, 0.2) is 0 Å². The summed E-state index contributed by atoms with van der Waals surface area (Å²) in [4.78, 5) is 4.81. The molecule has 0 aromatic heterocycles. The molecule has 0 spiro atoms. The minimum Gasteiger partial charge on any atom is -0.508 e. The van der Waals surface area contributed by atoms with Crippen LogP contribution in [0.4, 0.5) is 13.2 Å². The lowest BCUT2D eigenvalue weighted by Crippen LogP contribution is -2.33. The third kappa shape index (κ3) is 5.39. The number of aromatic hydroxyl groups is 1. The largest absolute Gasteiger partial charge is 0.508 e. The monoisotopic (exact) mass is 518 g/mol. The van der Waals surface area contributed by atoms with Crippen molar-refractivity contribution >= 4 is 21.6 Å². The van der Waals surface area contributed by atoms with Gasteiger partial charge in [-0.05, 0) is 72.6 Å². The quantitative estimate of drug-likeness (QED) is 0.390. The molecular weight excluding hydrogens is 497 g/mol. The maximum Gasteiger partial charge on any atom is 0.416 e. The van der Waals surface area contributed by atoms with E-state index in [1.165, 1.54) is 12.1 Å². The number of hydrogen-bond acceptors (Lipinski definition) is 4. The molecule has 1 aliphatic heterocycles. The Bertz CT molecular complexity index is 1150. The second-order valence-corrected chi connectivity index (χ2v) is 8.60. The lowest BCUT2D eigenvalue weighted by atomic mass is 9.93. The molecule has 0 saturated heterocycles. The molecule has 1 aliphatic rings. The number of nitrogens with one attached hydrogen (secondary N) is 1. The smallest absolute Gasteiger partial charge is 0.416 e. The van der Waals surface area contributed by atoms with Crippen molar-refractivity contribution in [2.75, 3.05) is 6.61 Å². The normalized spacial score (nSPS) is 18.6. The highest BCUT2D eigenvalue weighted by atomic mass is 79.9. The Hall–Kier alpha value is -2.84. The van der Waals surface area contributed by atoms with Crippen molar-refractivity contribution in [1.82, 2.24) is 5.32 Å². The summed E-state index contributed by atoms with van der Waals surface area (Å²) in [6.07, 6.45) is -4.49. The molecule has 0 radical (unpaired) electrons. The first-order chi connectivity index (χ1) is 15.7. The molecule has 3 aromatic rings. The van der Waals surface area contributed by atoms with Crippen LogP contribution in [0.1, 0.15) is 47.8 Å². The number of benzene rings is 3. The van der Waals surface area contributed by atoms with E-state index in [4.69, 9.17) is 9.73 Å². The van der Waals surface area contributed by atoms with E-state index in [0.717, 1.165) is 33.6 Å². The number of aliphatic imine (C=N–C) groups is 1. The first-order valence-electron chi connectivity index (χ1n) is 10.5. The number of ether oxygens (including phenoxy) is 1. The van der Waals surface area contributed by atoms with Crippen molar-refractivity contribution in [3.8, 4) is 11.5 Å². The van der Waals surface area contributed by atoms with Crippen LogP contribution in [0.25, 0.3) is 0 Å². The molecule has 0 amide bonds. The zero-order valence-electron chi connectivity index (χ0n) is 17.7. The average Bonchev–Trinajstić information content (AvgIpc) is 2.80. The van der Waals surface area contributed by atoms with Crippen molar-refractivity contribution in [3.63, 3.8) is 0 Å². The summed E-state index contributed by atoms with van der Waals surface area (Å²) < 4.78 is 45.4. The fourth-order valence-electron chi connectivity index (χ4n) is 3.82. The van der Waals surface area contributed by atoms with Gasteiger partial charge in [-0.15, -0.1) is 0 Å². The summed E-state index contributed by atoms with van der Waals surface area (Å²) in [6.45, 7) is 2.47. The average molecular weight is 519 g/mol. The van der Waals surface area contributed by atoms with Crippen LogP contribution >= 0.6 is 15.9 Å². The minimum atomic E-state index is -4.40. The SMILES string of the molecule is CCOc1ccc(C2=N[C@H](c3ccc(C(F)(F)F)cc3)N[C@@H](c3cc(Br)ccc3O)C2)cc1. The molecule has 33 heavy (non-hydrogen) atoms. The third-order valence-electron chi connectivity index (χ3n) is 5.46. The maximum atomic E-state index is 13.0. The van der Waals surface area contributed by atoms with Crippen molar-refractivity contribution in [1.29, 1.82) is 0 Å². The first-order valence-corrected chi connectivity index (χ1v) is 11.3. The molecule has 0 saturated carbocycles. The summed E-state index contributed by atoms with van der Waals surface area (Å²) in [5, 5.41) is 13.8. The van der Waals surface area contributed by atoms with Crippen molar-refractivity contribution in [2.45, 2.75) is 31.7 Å². The summed E-state index contributed by atoms with van der Waals surface area (Å²) >= 11 is 3.44. The summed E-state index contributed by atoms with van der Waals surface area (Å²) in [7, 11) is 0. The molecule has 2 atom stereocenters. The van der Waals surface area contributed by atoms with Gasteiger partial charge in [-0.1, -0.05) is 28.1 Å². The molecule has 2 N–H and O–H groups in total. The first kappa shape index (κ1) is 23.3. The highest BCUT2D eigenvalue weighted by Crippen LogP contribution is 2.37. The van der Waals surface area contributed by atoms with Gasteiger partial charge in [0.05, 0.1) is 12.2 Å². The molecule has 0 fully saturated rings. The van der Waals surface area contributed by atoms with Crippen LogP contribution in [0.2, 0.25) is 0 Å². The fraction of sp³-hybridized carbons (Fsp3) is 0.240. The van der Waals surface area contributed by atoms with Crippen LogP contribution in [0, 0.1) is 0 Å². The Morgan fingerprint density at radius 2 is 1.76 bits per heavy atom. The Labute approximate surface area is 198 Å². The molecule has 4 rings (SSSR count). The van der Waals surface area contributed by atoms with Gasteiger partial charge in [0.25, 0.3) is 0 Å². The van der Waals surface area contributed by atoms with E-state index in [1.54, 1.807) is 12.1 Å². The lowest BCUT2D eigenvalue weighted by Gasteiger charge is -2.31. The topological polar surface area (TPSA) is 53.8 Å². The van der Waals surface area contributed by atoms with Crippen LogP contribution in [0.5, 0.6) is 11.5 Å². The van der Waals surface area contributed by atoms with Gasteiger partial charge in [0.2, 0.25) is 0 Å². The molecule has 172 valence electrons. The van der Waals surface area contributed by atoms with Crippen LogP contribution in [0.3, 0.4) is 0 Å².